The molecule has 1 rings (SSSR count). The van der Waals surface area contributed by atoms with Gasteiger partial charge in [0.25, 0.3) is 0 Å². The zero-order valence-electron chi connectivity index (χ0n) is 9.29. The first kappa shape index (κ1) is 11.3. The van der Waals surface area contributed by atoms with Gasteiger partial charge >= 0.3 is 0 Å². The van der Waals surface area contributed by atoms with E-state index in [0.29, 0.717) is 6.04 Å². The molecule has 0 fully saturated rings. The summed E-state index contributed by atoms with van der Waals surface area (Å²) >= 11 is 0. The highest BCUT2D eigenvalue weighted by atomic mass is 14.6. The minimum Gasteiger partial charge on any atom is -0.328 e. The number of rotatable bonds is 5. The maximum Gasteiger partial charge on any atom is 0.00418 e. The highest BCUT2D eigenvalue weighted by Gasteiger charge is 2.02. The van der Waals surface area contributed by atoms with E-state index in [9.17, 15) is 0 Å². The standard InChI is InChI=1S/C13H21N/c1-3-6-13(14)10-9-12-8-5-4-7-11(12)2/h4-5,7-8,13H,3,6,9-10,14H2,1-2H3. The molecule has 0 aromatic heterocycles. The van der Waals surface area contributed by atoms with Gasteiger partial charge in [-0.1, -0.05) is 37.6 Å². The van der Waals surface area contributed by atoms with Gasteiger partial charge in [-0.05, 0) is 37.3 Å². The second kappa shape index (κ2) is 5.82. The first-order chi connectivity index (χ1) is 6.74. The molecular formula is C13H21N. The SMILES string of the molecule is CCCC(N)CCc1ccccc1C. The molecule has 1 nitrogen and oxygen atoms in total. The lowest BCUT2D eigenvalue weighted by Crippen LogP contribution is -2.20. The van der Waals surface area contributed by atoms with Crippen LogP contribution in [0.4, 0.5) is 0 Å². The number of hydrogen-bond donors (Lipinski definition) is 1. The number of hydrogen-bond acceptors (Lipinski definition) is 1. The van der Waals surface area contributed by atoms with E-state index >= 15 is 0 Å². The first-order valence-corrected chi connectivity index (χ1v) is 5.54. The molecule has 0 bridgehead atoms. The third-order valence-electron chi connectivity index (χ3n) is 2.71. The van der Waals surface area contributed by atoms with E-state index in [-0.39, 0.29) is 0 Å². The van der Waals surface area contributed by atoms with Crippen molar-refractivity contribution >= 4 is 0 Å². The average Bonchev–Trinajstić information content (AvgIpc) is 2.17. The van der Waals surface area contributed by atoms with Crippen LogP contribution in [0.2, 0.25) is 0 Å². The molecule has 78 valence electrons. The summed E-state index contributed by atoms with van der Waals surface area (Å²) in [5.41, 5.74) is 8.81. The Labute approximate surface area is 87.3 Å². The van der Waals surface area contributed by atoms with Gasteiger partial charge in [0.1, 0.15) is 0 Å². The van der Waals surface area contributed by atoms with Crippen molar-refractivity contribution < 1.29 is 0 Å². The summed E-state index contributed by atoms with van der Waals surface area (Å²) in [5.74, 6) is 0. The second-order valence-corrected chi connectivity index (χ2v) is 4.01. The van der Waals surface area contributed by atoms with Gasteiger partial charge in [0, 0.05) is 6.04 Å². The fourth-order valence-corrected chi connectivity index (χ4v) is 1.75. The van der Waals surface area contributed by atoms with E-state index in [1.54, 1.807) is 0 Å². The lowest BCUT2D eigenvalue weighted by molar-refractivity contribution is 0.560. The van der Waals surface area contributed by atoms with Crippen LogP contribution in [0, 0.1) is 6.92 Å². The van der Waals surface area contributed by atoms with Crippen LogP contribution in [-0.2, 0) is 6.42 Å². The van der Waals surface area contributed by atoms with Crippen LogP contribution < -0.4 is 5.73 Å². The molecule has 0 saturated heterocycles. The van der Waals surface area contributed by atoms with E-state index in [1.807, 2.05) is 0 Å². The van der Waals surface area contributed by atoms with E-state index < -0.39 is 0 Å². The minimum absolute atomic E-state index is 0.375. The van der Waals surface area contributed by atoms with Crippen LogP contribution in [0.25, 0.3) is 0 Å². The summed E-state index contributed by atoms with van der Waals surface area (Å²) in [5, 5.41) is 0. The van der Waals surface area contributed by atoms with Gasteiger partial charge in [-0.15, -0.1) is 0 Å². The summed E-state index contributed by atoms with van der Waals surface area (Å²) in [7, 11) is 0. The Morgan fingerprint density at radius 3 is 2.57 bits per heavy atom. The zero-order chi connectivity index (χ0) is 10.4. The molecule has 14 heavy (non-hydrogen) atoms. The highest BCUT2D eigenvalue weighted by molar-refractivity contribution is 5.25. The van der Waals surface area contributed by atoms with Crippen molar-refractivity contribution in [1.29, 1.82) is 0 Å². The van der Waals surface area contributed by atoms with Crippen molar-refractivity contribution in [3.05, 3.63) is 35.4 Å². The monoisotopic (exact) mass is 191 g/mol. The quantitative estimate of drug-likeness (QED) is 0.760. The predicted molar refractivity (Wildman–Crippen MR) is 62.4 cm³/mol. The molecule has 1 aromatic rings. The molecule has 0 aliphatic carbocycles. The van der Waals surface area contributed by atoms with Crippen LogP contribution in [0.1, 0.15) is 37.3 Å². The fraction of sp³-hybridized carbons (Fsp3) is 0.538. The fourth-order valence-electron chi connectivity index (χ4n) is 1.75. The Kier molecular flexibility index (Phi) is 4.68. The summed E-state index contributed by atoms with van der Waals surface area (Å²) < 4.78 is 0. The number of aryl methyl sites for hydroxylation is 2. The van der Waals surface area contributed by atoms with Gasteiger partial charge < -0.3 is 5.73 Å². The van der Waals surface area contributed by atoms with Crippen LogP contribution in [-0.4, -0.2) is 6.04 Å². The lowest BCUT2D eigenvalue weighted by Gasteiger charge is -2.11. The van der Waals surface area contributed by atoms with Gasteiger partial charge in [0.15, 0.2) is 0 Å². The molecule has 0 heterocycles. The topological polar surface area (TPSA) is 26.0 Å². The van der Waals surface area contributed by atoms with E-state index in [4.69, 9.17) is 5.73 Å². The van der Waals surface area contributed by atoms with Gasteiger partial charge in [0.2, 0.25) is 0 Å². The Morgan fingerprint density at radius 2 is 1.93 bits per heavy atom. The Morgan fingerprint density at radius 1 is 1.21 bits per heavy atom. The van der Waals surface area contributed by atoms with Crippen LogP contribution >= 0.6 is 0 Å². The van der Waals surface area contributed by atoms with Crippen LogP contribution in [0.3, 0.4) is 0 Å². The Hall–Kier alpha value is -0.820. The molecule has 1 unspecified atom stereocenters. The molecule has 1 aromatic carbocycles. The van der Waals surface area contributed by atoms with E-state index in [0.717, 1.165) is 19.3 Å². The summed E-state index contributed by atoms with van der Waals surface area (Å²) in [6.45, 7) is 4.36. The summed E-state index contributed by atoms with van der Waals surface area (Å²) in [6, 6.07) is 8.94. The molecule has 0 spiro atoms. The summed E-state index contributed by atoms with van der Waals surface area (Å²) in [4.78, 5) is 0. The van der Waals surface area contributed by atoms with Crippen molar-refractivity contribution in [3.63, 3.8) is 0 Å². The molecule has 2 N–H and O–H groups in total. The maximum atomic E-state index is 5.98. The third kappa shape index (κ3) is 3.51. The number of benzene rings is 1. The second-order valence-electron chi connectivity index (χ2n) is 4.01. The van der Waals surface area contributed by atoms with Gasteiger partial charge in [-0.25, -0.2) is 0 Å². The van der Waals surface area contributed by atoms with Crippen LogP contribution in [0.15, 0.2) is 24.3 Å². The first-order valence-electron chi connectivity index (χ1n) is 5.54. The summed E-state index contributed by atoms with van der Waals surface area (Å²) in [6.07, 6.45) is 4.56. The minimum atomic E-state index is 0.375. The van der Waals surface area contributed by atoms with Crippen LogP contribution in [0.5, 0.6) is 0 Å². The van der Waals surface area contributed by atoms with Crippen molar-refractivity contribution in [2.75, 3.05) is 0 Å². The smallest absolute Gasteiger partial charge is 0.00418 e. The Bertz CT molecular complexity index is 268. The molecule has 0 amide bonds. The molecule has 0 aliphatic rings. The highest BCUT2D eigenvalue weighted by Crippen LogP contribution is 2.11. The van der Waals surface area contributed by atoms with Crippen molar-refractivity contribution in [1.82, 2.24) is 0 Å². The van der Waals surface area contributed by atoms with Crippen molar-refractivity contribution in [2.45, 2.75) is 45.6 Å². The van der Waals surface area contributed by atoms with Gasteiger partial charge in [-0.3, -0.25) is 0 Å². The Balaban J connectivity index is 2.41. The zero-order valence-corrected chi connectivity index (χ0v) is 9.29. The molecule has 1 atom stereocenters. The predicted octanol–water partition coefficient (Wildman–Crippen LogP) is 3.06. The van der Waals surface area contributed by atoms with Gasteiger partial charge in [-0.2, -0.15) is 0 Å². The largest absolute Gasteiger partial charge is 0.328 e. The maximum absolute atomic E-state index is 5.98. The molecule has 0 radical (unpaired) electrons. The average molecular weight is 191 g/mol. The molecule has 0 saturated carbocycles. The lowest BCUT2D eigenvalue weighted by atomic mass is 9.99. The normalized spacial score (nSPS) is 12.8. The molecular weight excluding hydrogens is 170 g/mol. The van der Waals surface area contributed by atoms with Gasteiger partial charge in [0.05, 0.1) is 0 Å². The molecule has 0 aliphatic heterocycles. The van der Waals surface area contributed by atoms with E-state index in [1.165, 1.54) is 17.5 Å². The van der Waals surface area contributed by atoms with Crippen molar-refractivity contribution in [3.8, 4) is 0 Å². The molecule has 1 heteroatoms. The van der Waals surface area contributed by atoms with E-state index in [2.05, 4.69) is 38.1 Å². The number of nitrogens with two attached hydrogens (primary N) is 1. The third-order valence-corrected chi connectivity index (χ3v) is 2.71. The van der Waals surface area contributed by atoms with Crippen molar-refractivity contribution in [2.24, 2.45) is 5.73 Å².